The summed E-state index contributed by atoms with van der Waals surface area (Å²) in [4.78, 5) is 42.3. The molecule has 2 N–H and O–H groups in total. The number of carbonyl (C=O) groups excluding carboxylic acids is 2. The summed E-state index contributed by atoms with van der Waals surface area (Å²) < 4.78 is 15.3. The summed E-state index contributed by atoms with van der Waals surface area (Å²) in [7, 11) is 0. The number of aliphatic carboxylic acids is 1. The number of nitrogens with one attached hydrogen (secondary N) is 1. The fraction of sp³-hybridized carbons (Fsp3) is 0.326. The van der Waals surface area contributed by atoms with Crippen LogP contribution in [0.2, 0.25) is 10.0 Å². The number of likely N-dealkylation sites (tertiary alicyclic amines) is 1. The Morgan fingerprint density at radius 3 is 1.66 bits per heavy atom. The van der Waals surface area contributed by atoms with Crippen molar-refractivity contribution in [1.82, 2.24) is 30.5 Å². The minimum atomic E-state index is -0.741. The number of benzene rings is 4. The van der Waals surface area contributed by atoms with Crippen LogP contribution >= 0.6 is 23.2 Å². The van der Waals surface area contributed by atoms with Gasteiger partial charge < -0.3 is 24.2 Å². The van der Waals surface area contributed by atoms with Crippen molar-refractivity contribution in [2.24, 2.45) is 17.8 Å². The molecule has 4 heterocycles. The standard InChI is InChI=1S/C23H24ClN3O3.C19H17ClN2O2.C4H7NO2/c1-14(2)9-15-3-5-16(6-4-15)22-25-21(26-30-22)17-7-8-18(20(24)10-17)11-27-12-19(13-27)23(28)29;1-12(2)9-13-3-5-14(6-4-13)19-21-18(22-24-19)15-7-8-16(11-23)17(20)10-15;6-3-7-4-1-5-2-4/h3-8,10,14,19H,9,11-13H2,1-2H3,(H,28,29);3-8,10-12H,9H2,1-2H3;3-5H,1-2H2. The molecule has 0 unspecified atom stereocenters. The van der Waals surface area contributed by atoms with Gasteiger partial charge in [-0.05, 0) is 83.8 Å². The fourth-order valence-corrected chi connectivity index (χ4v) is 7.00. The molecule has 2 fully saturated rings. The van der Waals surface area contributed by atoms with Crippen LogP contribution in [0.4, 0.5) is 0 Å². The summed E-state index contributed by atoms with van der Waals surface area (Å²) in [5.41, 5.74) is 7.20. The highest BCUT2D eigenvalue weighted by atomic mass is 35.5. The molecule has 61 heavy (non-hydrogen) atoms. The second kappa shape index (κ2) is 21.2. The fourth-order valence-electron chi connectivity index (χ4n) is 6.54. The highest BCUT2D eigenvalue weighted by Gasteiger charge is 2.32. The Morgan fingerprint density at radius 2 is 1.26 bits per heavy atom. The van der Waals surface area contributed by atoms with Crippen molar-refractivity contribution >= 4 is 41.9 Å². The van der Waals surface area contributed by atoms with Crippen LogP contribution in [0.15, 0.2) is 94.0 Å². The summed E-state index contributed by atoms with van der Waals surface area (Å²) >= 11 is 12.5. The second-order valence-corrected chi connectivity index (χ2v) is 16.7. The van der Waals surface area contributed by atoms with E-state index in [0.29, 0.717) is 88.8 Å². The van der Waals surface area contributed by atoms with Gasteiger partial charge in [0.05, 0.1) is 10.9 Å². The minimum Gasteiger partial charge on any atom is -0.481 e. The second-order valence-electron chi connectivity index (χ2n) is 15.8. The van der Waals surface area contributed by atoms with Gasteiger partial charge in [-0.1, -0.05) is 104 Å². The van der Waals surface area contributed by atoms with Gasteiger partial charge >= 0.3 is 5.97 Å². The monoisotopic (exact) mass is 866 g/mol. The van der Waals surface area contributed by atoms with Gasteiger partial charge in [0, 0.05) is 65.6 Å². The molecular formula is C46H48Cl2N6O7. The molecule has 0 saturated carbocycles. The van der Waals surface area contributed by atoms with E-state index in [1.165, 1.54) is 11.1 Å². The molecule has 0 bridgehead atoms. The molecule has 318 valence electrons. The zero-order valence-corrected chi connectivity index (χ0v) is 35.9. The van der Waals surface area contributed by atoms with E-state index in [0.717, 1.165) is 48.2 Å². The maximum Gasteiger partial charge on any atom is 0.309 e. The Balaban J connectivity index is 0.000000179. The topological polar surface area (TPSA) is 174 Å². The Hall–Kier alpha value is -5.73. The van der Waals surface area contributed by atoms with Crippen molar-refractivity contribution < 1.29 is 33.3 Å². The number of carbonyl (C=O) groups is 3. The summed E-state index contributed by atoms with van der Waals surface area (Å²) in [5, 5.41) is 21.0. The van der Waals surface area contributed by atoms with Crippen LogP contribution in [0.1, 0.15) is 54.7 Å². The molecule has 0 radical (unpaired) electrons. The molecule has 4 aromatic carbocycles. The van der Waals surface area contributed by atoms with Crippen molar-refractivity contribution in [2.45, 2.75) is 53.2 Å². The maximum atomic E-state index is 10.9. The lowest BCUT2D eigenvalue weighted by atomic mass is 9.99. The lowest BCUT2D eigenvalue weighted by molar-refractivity contribution is -0.147. The molecule has 2 aromatic heterocycles. The Labute approximate surface area is 364 Å². The van der Waals surface area contributed by atoms with Gasteiger partial charge in [0.25, 0.3) is 18.3 Å². The number of rotatable bonds is 14. The first-order valence-corrected chi connectivity index (χ1v) is 20.8. The number of aromatic nitrogens is 4. The van der Waals surface area contributed by atoms with Crippen molar-refractivity contribution in [1.29, 1.82) is 0 Å². The van der Waals surface area contributed by atoms with E-state index in [1.54, 1.807) is 18.2 Å². The van der Waals surface area contributed by atoms with Gasteiger partial charge in [-0.2, -0.15) is 9.97 Å². The quantitative estimate of drug-likeness (QED) is 0.0994. The summed E-state index contributed by atoms with van der Waals surface area (Å²) in [6, 6.07) is 27.0. The Kier molecular flexibility index (Phi) is 15.6. The van der Waals surface area contributed by atoms with E-state index < -0.39 is 5.97 Å². The predicted octanol–water partition coefficient (Wildman–Crippen LogP) is 8.97. The third kappa shape index (κ3) is 12.4. The molecule has 0 amide bonds. The lowest BCUT2D eigenvalue weighted by Gasteiger charge is -2.36. The van der Waals surface area contributed by atoms with Crippen LogP contribution in [0, 0.1) is 17.8 Å². The molecule has 8 rings (SSSR count). The third-order valence-electron chi connectivity index (χ3n) is 9.93. The largest absolute Gasteiger partial charge is 0.481 e. The lowest BCUT2D eigenvalue weighted by Crippen LogP contribution is -2.49. The van der Waals surface area contributed by atoms with E-state index in [1.807, 2.05) is 42.5 Å². The van der Waals surface area contributed by atoms with Gasteiger partial charge in [0.15, 0.2) is 6.29 Å². The molecule has 13 nitrogen and oxygen atoms in total. The normalized spacial score (nSPS) is 14.0. The highest BCUT2D eigenvalue weighted by Crippen LogP contribution is 2.30. The van der Waals surface area contributed by atoms with E-state index >= 15 is 0 Å². The molecule has 0 atom stereocenters. The summed E-state index contributed by atoms with van der Waals surface area (Å²) in [6.45, 7) is 12.6. The van der Waals surface area contributed by atoms with Crippen LogP contribution in [0.25, 0.3) is 45.7 Å². The minimum absolute atomic E-state index is 0.150. The number of carboxylic acids is 1. The molecule has 0 aliphatic carbocycles. The van der Waals surface area contributed by atoms with Crippen molar-refractivity contribution in [3.63, 3.8) is 0 Å². The first kappa shape index (κ1) is 44.8. The first-order chi connectivity index (χ1) is 29.4. The van der Waals surface area contributed by atoms with E-state index in [4.69, 9.17) is 37.4 Å². The Morgan fingerprint density at radius 1 is 0.770 bits per heavy atom. The van der Waals surface area contributed by atoms with Crippen LogP contribution in [0.5, 0.6) is 0 Å². The number of carboxylic acid groups (broad SMARTS) is 1. The number of nitrogens with zero attached hydrogens (tertiary/aromatic N) is 5. The van der Waals surface area contributed by atoms with Crippen LogP contribution in [-0.2, 0) is 33.7 Å². The number of aldehydes is 1. The number of ether oxygens (including phenoxy) is 1. The molecule has 2 saturated heterocycles. The first-order valence-electron chi connectivity index (χ1n) is 20.0. The smallest absolute Gasteiger partial charge is 0.309 e. The zero-order valence-electron chi connectivity index (χ0n) is 34.4. The van der Waals surface area contributed by atoms with Gasteiger partial charge in [-0.15, -0.1) is 0 Å². The Bertz CT molecular complexity index is 2390. The van der Waals surface area contributed by atoms with Crippen LogP contribution < -0.4 is 5.32 Å². The molecule has 2 aliphatic rings. The van der Waals surface area contributed by atoms with Gasteiger partial charge in [-0.3, -0.25) is 19.3 Å². The van der Waals surface area contributed by atoms with E-state index in [9.17, 15) is 14.4 Å². The zero-order chi connectivity index (χ0) is 43.5. The van der Waals surface area contributed by atoms with Crippen molar-refractivity contribution in [3.8, 4) is 45.7 Å². The van der Waals surface area contributed by atoms with Gasteiger partial charge in [-0.25, -0.2) is 0 Å². The van der Waals surface area contributed by atoms with Crippen LogP contribution in [-0.4, -0.2) is 81.3 Å². The molecule has 15 heteroatoms. The molecular weight excluding hydrogens is 819 g/mol. The van der Waals surface area contributed by atoms with Gasteiger partial charge in [0.2, 0.25) is 11.6 Å². The maximum absolute atomic E-state index is 10.9. The number of halogens is 2. The van der Waals surface area contributed by atoms with E-state index in [2.05, 4.69) is 87.2 Å². The van der Waals surface area contributed by atoms with Crippen molar-refractivity contribution in [2.75, 3.05) is 26.2 Å². The molecule has 0 spiro atoms. The number of hydrogen-bond acceptors (Lipinski definition) is 12. The van der Waals surface area contributed by atoms with Gasteiger partial charge in [0.1, 0.15) is 6.10 Å². The average molecular weight is 868 g/mol. The SMILES string of the molecule is CC(C)Cc1ccc(-c2nc(-c3ccc(C=O)c(Cl)c3)no2)cc1.CC(C)Cc1ccc(-c2nc(-c3ccc(CN4CC(C(=O)O)C4)c(Cl)c3)no2)cc1.O=COC1CNC1. The third-order valence-corrected chi connectivity index (χ3v) is 10.6. The molecule has 6 aromatic rings. The average Bonchev–Trinajstić information content (AvgIpc) is 3.90. The van der Waals surface area contributed by atoms with Crippen LogP contribution in [0.3, 0.4) is 0 Å². The van der Waals surface area contributed by atoms with E-state index in [-0.39, 0.29) is 12.0 Å². The number of hydrogen-bond donors (Lipinski definition) is 2. The highest BCUT2D eigenvalue weighted by molar-refractivity contribution is 6.33. The summed E-state index contributed by atoms with van der Waals surface area (Å²) in [6.07, 6.45) is 2.94. The summed E-state index contributed by atoms with van der Waals surface area (Å²) in [5.74, 6) is 2.06. The predicted molar refractivity (Wildman–Crippen MR) is 233 cm³/mol. The molecule has 2 aliphatic heterocycles. The van der Waals surface area contributed by atoms with Crippen molar-refractivity contribution in [3.05, 3.63) is 117 Å².